The van der Waals surface area contributed by atoms with E-state index in [-0.39, 0.29) is 23.7 Å². The van der Waals surface area contributed by atoms with Crippen molar-refractivity contribution in [3.05, 3.63) is 112 Å². The maximum absolute atomic E-state index is 14.0. The van der Waals surface area contributed by atoms with Crippen molar-refractivity contribution in [2.45, 2.75) is 20.0 Å². The molecule has 6 nitrogen and oxygen atoms in total. The Bertz CT molecular complexity index is 1420. The van der Waals surface area contributed by atoms with Crippen LogP contribution in [0.2, 0.25) is 5.02 Å². The van der Waals surface area contributed by atoms with E-state index in [0.717, 1.165) is 16.0 Å². The van der Waals surface area contributed by atoms with Crippen molar-refractivity contribution in [2.24, 2.45) is 0 Å². The standard InChI is InChI=1S/C28H22ClFN2O4/c1-3-6-19-13-18(10-12-25(19)36-16-20-7-4-5-8-24(20)30)14-22-26(33)31-28(35)32(27(22)34)21-11-9-17(2)23(29)15-21/h3-5,7-15H,1,6,16H2,2H3,(H,31,33,35)/b22-14-. The number of carbonyl (C=O) groups excluding carboxylic acids is 3. The number of ether oxygens (including phenoxy) is 1. The van der Waals surface area contributed by atoms with Gasteiger partial charge in [0.2, 0.25) is 0 Å². The Kier molecular flexibility index (Phi) is 7.31. The Morgan fingerprint density at radius 2 is 1.83 bits per heavy atom. The Morgan fingerprint density at radius 1 is 1.06 bits per heavy atom. The van der Waals surface area contributed by atoms with Crippen molar-refractivity contribution in [2.75, 3.05) is 4.90 Å². The van der Waals surface area contributed by atoms with Crippen molar-refractivity contribution < 1.29 is 23.5 Å². The van der Waals surface area contributed by atoms with Gasteiger partial charge in [0.25, 0.3) is 11.8 Å². The maximum atomic E-state index is 14.0. The second-order valence-electron chi connectivity index (χ2n) is 8.13. The van der Waals surface area contributed by atoms with Gasteiger partial charge in [0.05, 0.1) is 5.69 Å². The number of hydrogen-bond donors (Lipinski definition) is 1. The van der Waals surface area contributed by atoms with Crippen molar-refractivity contribution in [3.63, 3.8) is 0 Å². The summed E-state index contributed by atoms with van der Waals surface area (Å²) in [5.74, 6) is -1.41. The third-order valence-electron chi connectivity index (χ3n) is 5.62. The average Bonchev–Trinajstić information content (AvgIpc) is 2.84. The number of rotatable bonds is 7. The first-order chi connectivity index (χ1) is 17.3. The number of barbiturate groups is 1. The number of allylic oxidation sites excluding steroid dienone is 1. The molecule has 0 aliphatic carbocycles. The van der Waals surface area contributed by atoms with Gasteiger partial charge in [-0.3, -0.25) is 14.9 Å². The lowest BCUT2D eigenvalue weighted by Crippen LogP contribution is -2.54. The monoisotopic (exact) mass is 504 g/mol. The number of halogens is 2. The fourth-order valence-electron chi connectivity index (χ4n) is 3.70. The number of anilines is 1. The zero-order valence-electron chi connectivity index (χ0n) is 19.4. The molecule has 1 heterocycles. The van der Waals surface area contributed by atoms with Crippen LogP contribution in [-0.2, 0) is 22.6 Å². The number of benzene rings is 3. The lowest BCUT2D eigenvalue weighted by Gasteiger charge is -2.26. The van der Waals surface area contributed by atoms with Gasteiger partial charge in [-0.1, -0.05) is 48.0 Å². The Balaban J connectivity index is 1.63. The second kappa shape index (κ2) is 10.6. The summed E-state index contributed by atoms with van der Waals surface area (Å²) in [6.07, 6.45) is 3.53. The molecule has 0 saturated carbocycles. The highest BCUT2D eigenvalue weighted by molar-refractivity contribution is 6.39. The summed E-state index contributed by atoms with van der Waals surface area (Å²) < 4.78 is 19.8. The van der Waals surface area contributed by atoms with E-state index < -0.39 is 17.8 Å². The predicted molar refractivity (Wildman–Crippen MR) is 136 cm³/mol. The van der Waals surface area contributed by atoms with Gasteiger partial charge in [0.15, 0.2) is 0 Å². The number of amides is 4. The van der Waals surface area contributed by atoms with Crippen LogP contribution < -0.4 is 15.0 Å². The summed E-state index contributed by atoms with van der Waals surface area (Å²) in [4.78, 5) is 39.0. The molecule has 1 N–H and O–H groups in total. The molecule has 1 aliphatic heterocycles. The zero-order valence-corrected chi connectivity index (χ0v) is 20.1. The summed E-state index contributed by atoms with van der Waals surface area (Å²) >= 11 is 6.17. The molecule has 1 saturated heterocycles. The average molecular weight is 505 g/mol. The third-order valence-corrected chi connectivity index (χ3v) is 6.02. The van der Waals surface area contributed by atoms with Crippen molar-refractivity contribution >= 4 is 41.2 Å². The number of aryl methyl sites for hydroxylation is 1. The number of imide groups is 2. The van der Waals surface area contributed by atoms with Crippen molar-refractivity contribution in [3.8, 4) is 5.75 Å². The highest BCUT2D eigenvalue weighted by Crippen LogP contribution is 2.28. The van der Waals surface area contributed by atoms with Crippen LogP contribution in [0.4, 0.5) is 14.9 Å². The lowest BCUT2D eigenvalue weighted by atomic mass is 10.0. The Morgan fingerprint density at radius 3 is 2.56 bits per heavy atom. The van der Waals surface area contributed by atoms with Crippen LogP contribution in [0, 0.1) is 12.7 Å². The lowest BCUT2D eigenvalue weighted by molar-refractivity contribution is -0.122. The first kappa shape index (κ1) is 24.9. The van der Waals surface area contributed by atoms with E-state index in [9.17, 15) is 18.8 Å². The molecule has 36 heavy (non-hydrogen) atoms. The first-order valence-electron chi connectivity index (χ1n) is 11.1. The number of hydrogen-bond acceptors (Lipinski definition) is 4. The van der Waals surface area contributed by atoms with Crippen molar-refractivity contribution in [1.29, 1.82) is 0 Å². The van der Waals surface area contributed by atoms with Crippen LogP contribution in [0.25, 0.3) is 6.08 Å². The van der Waals surface area contributed by atoms with E-state index in [1.807, 2.05) is 0 Å². The maximum Gasteiger partial charge on any atom is 0.335 e. The van der Waals surface area contributed by atoms with Gasteiger partial charge in [0.1, 0.15) is 23.7 Å². The summed E-state index contributed by atoms with van der Waals surface area (Å²) in [6.45, 7) is 5.59. The fraction of sp³-hybridized carbons (Fsp3) is 0.107. The molecule has 0 unspecified atom stereocenters. The first-order valence-corrected chi connectivity index (χ1v) is 11.4. The van der Waals surface area contributed by atoms with Crippen molar-refractivity contribution in [1.82, 2.24) is 5.32 Å². The van der Waals surface area contributed by atoms with Crippen LogP contribution in [0.3, 0.4) is 0 Å². The molecule has 8 heteroatoms. The molecule has 0 spiro atoms. The largest absolute Gasteiger partial charge is 0.489 e. The minimum absolute atomic E-state index is 0.0360. The van der Waals surface area contributed by atoms with Gasteiger partial charge >= 0.3 is 6.03 Å². The van der Waals surface area contributed by atoms with Gasteiger partial charge in [-0.25, -0.2) is 14.1 Å². The molecule has 4 rings (SSSR count). The van der Waals surface area contributed by atoms with Crippen LogP contribution in [0.1, 0.15) is 22.3 Å². The highest BCUT2D eigenvalue weighted by atomic mass is 35.5. The molecule has 182 valence electrons. The minimum atomic E-state index is -0.855. The smallest absolute Gasteiger partial charge is 0.335 e. The van der Waals surface area contributed by atoms with Crippen LogP contribution in [0.15, 0.2) is 78.9 Å². The van der Waals surface area contributed by atoms with Gasteiger partial charge in [0, 0.05) is 10.6 Å². The third kappa shape index (κ3) is 5.21. The van der Waals surface area contributed by atoms with E-state index >= 15 is 0 Å². The number of nitrogens with zero attached hydrogens (tertiary/aromatic N) is 1. The number of carbonyl (C=O) groups is 3. The zero-order chi connectivity index (χ0) is 25.8. The Labute approximate surface area is 212 Å². The molecule has 4 amide bonds. The molecule has 0 atom stereocenters. The van der Waals surface area contributed by atoms with Gasteiger partial charge in [-0.15, -0.1) is 6.58 Å². The van der Waals surface area contributed by atoms with Gasteiger partial charge in [-0.05, 0) is 66.4 Å². The number of urea groups is 1. The normalized spacial score (nSPS) is 14.7. The van der Waals surface area contributed by atoms with E-state index in [1.165, 1.54) is 18.2 Å². The predicted octanol–water partition coefficient (Wildman–Crippen LogP) is 5.76. The molecule has 0 bridgehead atoms. The summed E-state index contributed by atoms with van der Waals surface area (Å²) in [6, 6.07) is 15.3. The SMILES string of the molecule is C=CCc1cc(/C=C2/C(=O)NC(=O)N(c3ccc(C)c(Cl)c3)C2=O)ccc1OCc1ccccc1F. The fourth-order valence-corrected chi connectivity index (χ4v) is 3.87. The molecule has 1 aliphatic rings. The molecular formula is C28H22ClFN2O4. The number of nitrogens with one attached hydrogen (secondary N) is 1. The molecule has 3 aromatic rings. The highest BCUT2D eigenvalue weighted by Gasteiger charge is 2.37. The summed E-state index contributed by atoms with van der Waals surface area (Å²) in [5.41, 5.74) is 2.51. The molecular weight excluding hydrogens is 483 g/mol. The summed E-state index contributed by atoms with van der Waals surface area (Å²) in [5, 5.41) is 2.58. The second-order valence-corrected chi connectivity index (χ2v) is 8.54. The topological polar surface area (TPSA) is 75.7 Å². The van der Waals surface area contributed by atoms with E-state index in [4.69, 9.17) is 16.3 Å². The van der Waals surface area contributed by atoms with E-state index in [0.29, 0.717) is 28.3 Å². The Hall–Kier alpha value is -4.23. The van der Waals surface area contributed by atoms with Gasteiger partial charge < -0.3 is 4.74 Å². The molecule has 1 fully saturated rings. The van der Waals surface area contributed by atoms with Crippen LogP contribution in [0.5, 0.6) is 5.75 Å². The minimum Gasteiger partial charge on any atom is -0.489 e. The van der Waals surface area contributed by atoms with Crippen LogP contribution >= 0.6 is 11.6 Å². The molecule has 0 aromatic heterocycles. The molecule has 0 radical (unpaired) electrons. The van der Waals surface area contributed by atoms with Crippen LogP contribution in [-0.4, -0.2) is 17.8 Å². The summed E-state index contributed by atoms with van der Waals surface area (Å²) in [7, 11) is 0. The van der Waals surface area contributed by atoms with Gasteiger partial charge in [-0.2, -0.15) is 0 Å². The van der Waals surface area contributed by atoms with E-state index in [1.54, 1.807) is 61.5 Å². The quantitative estimate of drug-likeness (QED) is 0.252. The molecule has 3 aromatic carbocycles. The van der Waals surface area contributed by atoms with E-state index in [2.05, 4.69) is 11.9 Å².